The molecule has 1 atom stereocenters. The van der Waals surface area contributed by atoms with Crippen molar-refractivity contribution in [2.45, 2.75) is 32.9 Å². The molecule has 0 fully saturated rings. The molecule has 0 spiro atoms. The summed E-state index contributed by atoms with van der Waals surface area (Å²) in [6.07, 6.45) is 0.750. The van der Waals surface area contributed by atoms with Crippen molar-refractivity contribution in [3.05, 3.63) is 76.2 Å². The molecule has 7 nitrogen and oxygen atoms in total. The van der Waals surface area contributed by atoms with Crippen LogP contribution in [0.2, 0.25) is 0 Å². The lowest BCUT2D eigenvalue weighted by Crippen LogP contribution is -2.35. The highest BCUT2D eigenvalue weighted by atomic mass is 16.2. The fourth-order valence-electron chi connectivity index (χ4n) is 2.70. The molecular weight excluding hydrogens is 330 g/mol. The van der Waals surface area contributed by atoms with Gasteiger partial charge >= 0.3 is 5.69 Å². The molecule has 3 rings (SSSR count). The van der Waals surface area contributed by atoms with Crippen molar-refractivity contribution in [2.75, 3.05) is 0 Å². The second-order valence-corrected chi connectivity index (χ2v) is 6.11. The number of nitrogens with one attached hydrogen (secondary N) is 1. The third kappa shape index (κ3) is 3.88. The molecule has 0 radical (unpaired) electrons. The number of hydrogen-bond donors (Lipinski definition) is 1. The number of tetrazole rings is 1. The van der Waals surface area contributed by atoms with E-state index < -0.39 is 5.69 Å². The largest absolute Gasteiger partial charge is 0.368 e. The molecule has 0 bridgehead atoms. The van der Waals surface area contributed by atoms with Gasteiger partial charge < -0.3 is 5.32 Å². The quantitative estimate of drug-likeness (QED) is 0.736. The average molecular weight is 351 g/mol. The zero-order valence-corrected chi connectivity index (χ0v) is 14.8. The van der Waals surface area contributed by atoms with Crippen molar-refractivity contribution in [3.8, 4) is 5.69 Å². The topological polar surface area (TPSA) is 81.8 Å². The van der Waals surface area contributed by atoms with Gasteiger partial charge in [0.15, 0.2) is 0 Å². The molecule has 1 heterocycles. The first-order valence-electron chi connectivity index (χ1n) is 8.52. The molecule has 0 saturated heterocycles. The molecule has 7 heteroatoms. The van der Waals surface area contributed by atoms with E-state index in [0.29, 0.717) is 5.69 Å². The first-order chi connectivity index (χ1) is 12.6. The Morgan fingerprint density at radius 3 is 2.42 bits per heavy atom. The van der Waals surface area contributed by atoms with Crippen LogP contribution in [0.4, 0.5) is 0 Å². The number of amides is 1. The number of carbonyl (C=O) groups excluding carboxylic acids is 1. The van der Waals surface area contributed by atoms with Gasteiger partial charge in [-0.15, -0.1) is 0 Å². The maximum atomic E-state index is 12.4. The van der Waals surface area contributed by atoms with Crippen LogP contribution in [-0.2, 0) is 11.3 Å². The molecule has 1 aromatic heterocycles. The lowest BCUT2D eigenvalue weighted by molar-refractivity contribution is -0.122. The average Bonchev–Trinajstić information content (AvgIpc) is 3.01. The minimum Gasteiger partial charge on any atom is -0.348 e. The van der Waals surface area contributed by atoms with Gasteiger partial charge in [0.1, 0.15) is 6.54 Å². The Hall–Kier alpha value is -3.22. The summed E-state index contributed by atoms with van der Waals surface area (Å²) < 4.78 is 2.23. The second-order valence-electron chi connectivity index (χ2n) is 6.11. The van der Waals surface area contributed by atoms with Crippen LogP contribution in [0.15, 0.2) is 59.4 Å². The third-order valence-electron chi connectivity index (χ3n) is 4.16. The fourth-order valence-corrected chi connectivity index (χ4v) is 2.70. The Balaban J connectivity index is 1.71. The van der Waals surface area contributed by atoms with Crippen LogP contribution in [-0.4, -0.2) is 25.7 Å². The first-order valence-corrected chi connectivity index (χ1v) is 8.52. The predicted octanol–water partition coefficient (Wildman–Crippen LogP) is 2.00. The van der Waals surface area contributed by atoms with E-state index >= 15 is 0 Å². The monoisotopic (exact) mass is 351 g/mol. The van der Waals surface area contributed by atoms with Gasteiger partial charge in [0, 0.05) is 0 Å². The molecule has 2 aromatic carbocycles. The molecule has 26 heavy (non-hydrogen) atoms. The number of hydrogen-bond acceptors (Lipinski definition) is 4. The summed E-state index contributed by atoms with van der Waals surface area (Å²) in [5.74, 6) is -0.278. The van der Waals surface area contributed by atoms with Crippen LogP contribution < -0.4 is 11.0 Å². The smallest absolute Gasteiger partial charge is 0.348 e. The van der Waals surface area contributed by atoms with Crippen LogP contribution in [0.5, 0.6) is 0 Å². The van der Waals surface area contributed by atoms with Crippen molar-refractivity contribution in [3.63, 3.8) is 0 Å². The van der Waals surface area contributed by atoms with Crippen molar-refractivity contribution in [1.29, 1.82) is 0 Å². The van der Waals surface area contributed by atoms with E-state index in [1.54, 1.807) is 24.3 Å². The van der Waals surface area contributed by atoms with Crippen molar-refractivity contribution in [2.24, 2.45) is 0 Å². The molecule has 1 unspecified atom stereocenters. The van der Waals surface area contributed by atoms with Crippen LogP contribution in [0.1, 0.15) is 30.5 Å². The van der Waals surface area contributed by atoms with E-state index in [9.17, 15) is 9.59 Å². The van der Waals surface area contributed by atoms with Gasteiger partial charge in [0.05, 0.1) is 11.7 Å². The molecule has 0 saturated carbocycles. The van der Waals surface area contributed by atoms with Gasteiger partial charge in [-0.25, -0.2) is 4.79 Å². The minimum absolute atomic E-state index is 0.108. The third-order valence-corrected chi connectivity index (χ3v) is 4.16. The molecule has 0 aliphatic heterocycles. The molecule has 3 aromatic rings. The Bertz CT molecular complexity index is 929. The summed E-state index contributed by atoms with van der Waals surface area (Å²) in [6.45, 7) is 3.85. The predicted molar refractivity (Wildman–Crippen MR) is 98.0 cm³/mol. The zero-order chi connectivity index (χ0) is 18.5. The Labute approximate surface area is 151 Å². The summed E-state index contributed by atoms with van der Waals surface area (Å²) >= 11 is 0. The van der Waals surface area contributed by atoms with Crippen LogP contribution in [0.3, 0.4) is 0 Å². The SMILES string of the molecule is CCC(NC(=O)Cn1nnn(-c2ccccc2)c1=O)c1ccc(C)cc1. The molecule has 1 amide bonds. The van der Waals surface area contributed by atoms with E-state index in [-0.39, 0.29) is 18.5 Å². The number of aryl methyl sites for hydroxylation is 1. The van der Waals surface area contributed by atoms with Crippen molar-refractivity contribution < 1.29 is 4.79 Å². The van der Waals surface area contributed by atoms with Gasteiger partial charge in [-0.05, 0) is 41.5 Å². The number of nitrogens with zero attached hydrogens (tertiary/aromatic N) is 4. The van der Waals surface area contributed by atoms with E-state index in [4.69, 9.17) is 0 Å². The highest BCUT2D eigenvalue weighted by Crippen LogP contribution is 2.17. The maximum Gasteiger partial charge on any atom is 0.368 e. The van der Waals surface area contributed by atoms with Gasteiger partial charge in [-0.1, -0.05) is 55.0 Å². The first kappa shape index (κ1) is 17.6. The summed E-state index contributed by atoms with van der Waals surface area (Å²) in [5, 5.41) is 10.6. The summed E-state index contributed by atoms with van der Waals surface area (Å²) in [4.78, 5) is 24.8. The molecular formula is C19H21N5O2. The number of benzene rings is 2. The van der Waals surface area contributed by atoms with E-state index in [0.717, 1.165) is 16.7 Å². The number of carbonyl (C=O) groups is 1. The zero-order valence-electron chi connectivity index (χ0n) is 14.8. The molecule has 1 N–H and O–H groups in total. The fraction of sp³-hybridized carbons (Fsp3) is 0.263. The molecule has 0 aliphatic carbocycles. The maximum absolute atomic E-state index is 12.4. The van der Waals surface area contributed by atoms with Crippen molar-refractivity contribution in [1.82, 2.24) is 25.1 Å². The number of aromatic nitrogens is 4. The van der Waals surface area contributed by atoms with E-state index in [1.165, 1.54) is 10.2 Å². The van der Waals surface area contributed by atoms with Crippen LogP contribution in [0, 0.1) is 6.92 Å². The Morgan fingerprint density at radius 1 is 1.08 bits per heavy atom. The van der Waals surface area contributed by atoms with Crippen LogP contribution in [0.25, 0.3) is 5.69 Å². The lowest BCUT2D eigenvalue weighted by atomic mass is 10.0. The highest BCUT2D eigenvalue weighted by Gasteiger charge is 2.16. The Kier molecular flexibility index (Phi) is 5.26. The van der Waals surface area contributed by atoms with Gasteiger partial charge in [0.2, 0.25) is 5.91 Å². The number of para-hydroxylation sites is 1. The summed E-state index contributed by atoms with van der Waals surface area (Å²) in [6, 6.07) is 16.9. The van der Waals surface area contributed by atoms with Gasteiger partial charge in [-0.2, -0.15) is 9.36 Å². The molecule has 0 aliphatic rings. The van der Waals surface area contributed by atoms with Gasteiger partial charge in [0.25, 0.3) is 0 Å². The van der Waals surface area contributed by atoms with Crippen molar-refractivity contribution >= 4 is 5.91 Å². The lowest BCUT2D eigenvalue weighted by Gasteiger charge is -2.17. The second kappa shape index (κ2) is 7.77. The summed E-state index contributed by atoms with van der Waals surface area (Å²) in [7, 11) is 0. The van der Waals surface area contributed by atoms with E-state index in [2.05, 4.69) is 15.7 Å². The molecule has 134 valence electrons. The number of rotatable bonds is 6. The normalized spacial score (nSPS) is 11.9. The van der Waals surface area contributed by atoms with Crippen LogP contribution >= 0.6 is 0 Å². The van der Waals surface area contributed by atoms with Gasteiger partial charge in [-0.3, -0.25) is 4.79 Å². The minimum atomic E-state index is -0.449. The van der Waals surface area contributed by atoms with E-state index in [1.807, 2.05) is 44.2 Å². The summed E-state index contributed by atoms with van der Waals surface area (Å²) in [5.41, 5.74) is 2.36. The Morgan fingerprint density at radius 2 is 1.77 bits per heavy atom. The highest BCUT2D eigenvalue weighted by molar-refractivity contribution is 5.76. The standard InChI is InChI=1S/C19H21N5O2/c1-3-17(15-11-9-14(2)10-12-15)20-18(25)13-23-19(26)24(22-21-23)16-7-5-4-6-8-16/h4-12,17H,3,13H2,1-2H3,(H,20,25).